The van der Waals surface area contributed by atoms with Gasteiger partial charge in [-0.1, -0.05) is 6.07 Å². The number of amides is 1. The van der Waals surface area contributed by atoms with E-state index in [9.17, 15) is 4.79 Å². The van der Waals surface area contributed by atoms with Crippen molar-refractivity contribution in [3.8, 4) is 6.07 Å². The van der Waals surface area contributed by atoms with Crippen LogP contribution in [-0.2, 0) is 11.3 Å². The van der Waals surface area contributed by atoms with E-state index >= 15 is 0 Å². The lowest BCUT2D eigenvalue weighted by Crippen LogP contribution is -2.37. The molecule has 0 aliphatic carbocycles. The minimum Gasteiger partial charge on any atom is -0.369 e. The number of benzene rings is 1. The van der Waals surface area contributed by atoms with Gasteiger partial charge in [0.25, 0.3) is 0 Å². The molecule has 4 nitrogen and oxygen atoms in total. The maximum Gasteiger partial charge on any atom is 0.224 e. The number of hydrogen-bond donors (Lipinski definition) is 1. The van der Waals surface area contributed by atoms with Gasteiger partial charge >= 0.3 is 0 Å². The Hall–Kier alpha value is -1.86. The Kier molecular flexibility index (Phi) is 3.59. The minimum atomic E-state index is -0.402. The van der Waals surface area contributed by atoms with E-state index in [0.717, 1.165) is 25.1 Å². The fourth-order valence-electron chi connectivity index (χ4n) is 2.58. The van der Waals surface area contributed by atoms with E-state index < -0.39 is 5.41 Å². The first-order chi connectivity index (χ1) is 8.94. The molecule has 0 saturated carbocycles. The Morgan fingerprint density at radius 2 is 2.32 bits per heavy atom. The number of carbonyl (C=O) groups excluding carboxylic acids is 1. The summed E-state index contributed by atoms with van der Waals surface area (Å²) >= 11 is 0. The van der Waals surface area contributed by atoms with E-state index in [2.05, 4.69) is 11.0 Å². The van der Waals surface area contributed by atoms with E-state index in [4.69, 9.17) is 11.0 Å². The van der Waals surface area contributed by atoms with Gasteiger partial charge in [0.2, 0.25) is 5.91 Å². The lowest BCUT2D eigenvalue weighted by Gasteiger charge is -2.21. The van der Waals surface area contributed by atoms with Crippen molar-refractivity contribution in [1.82, 2.24) is 4.90 Å². The van der Waals surface area contributed by atoms with Gasteiger partial charge < -0.3 is 5.73 Å². The molecule has 4 heteroatoms. The first-order valence-corrected chi connectivity index (χ1v) is 6.46. The van der Waals surface area contributed by atoms with Crippen LogP contribution in [0.2, 0.25) is 0 Å². The summed E-state index contributed by atoms with van der Waals surface area (Å²) in [6.45, 7) is 6.35. The quantitative estimate of drug-likeness (QED) is 0.893. The van der Waals surface area contributed by atoms with Gasteiger partial charge in [-0.25, -0.2) is 0 Å². The topological polar surface area (TPSA) is 70.1 Å². The van der Waals surface area contributed by atoms with Gasteiger partial charge in [-0.05, 0) is 50.1 Å². The summed E-state index contributed by atoms with van der Waals surface area (Å²) in [6, 6.07) is 7.88. The molecule has 1 unspecified atom stereocenters. The maximum absolute atomic E-state index is 11.4. The van der Waals surface area contributed by atoms with E-state index in [1.165, 1.54) is 5.56 Å². The number of likely N-dealkylation sites (tertiary alicyclic amines) is 1. The predicted molar refractivity (Wildman–Crippen MR) is 73.1 cm³/mol. The zero-order valence-electron chi connectivity index (χ0n) is 11.4. The minimum absolute atomic E-state index is 0.216. The van der Waals surface area contributed by atoms with Gasteiger partial charge in [-0.3, -0.25) is 9.69 Å². The van der Waals surface area contributed by atoms with Crippen molar-refractivity contribution in [3.05, 3.63) is 34.9 Å². The van der Waals surface area contributed by atoms with Crippen LogP contribution in [0.3, 0.4) is 0 Å². The molecular formula is C15H19N3O. The maximum atomic E-state index is 11.4. The highest BCUT2D eigenvalue weighted by atomic mass is 16.1. The number of primary amides is 1. The number of rotatable bonds is 3. The number of nitrogens with two attached hydrogens (primary N) is 1. The van der Waals surface area contributed by atoms with E-state index in [1.807, 2.05) is 32.0 Å². The molecule has 1 amide bonds. The first kappa shape index (κ1) is 13.6. The van der Waals surface area contributed by atoms with Gasteiger partial charge in [0.1, 0.15) is 0 Å². The smallest absolute Gasteiger partial charge is 0.224 e. The molecule has 1 atom stereocenters. The van der Waals surface area contributed by atoms with Crippen molar-refractivity contribution >= 4 is 5.91 Å². The van der Waals surface area contributed by atoms with Crippen molar-refractivity contribution in [1.29, 1.82) is 5.26 Å². The fraction of sp³-hybridized carbons (Fsp3) is 0.467. The van der Waals surface area contributed by atoms with Crippen LogP contribution in [0.5, 0.6) is 0 Å². The summed E-state index contributed by atoms with van der Waals surface area (Å²) in [5, 5.41) is 8.86. The Labute approximate surface area is 113 Å². The van der Waals surface area contributed by atoms with Crippen LogP contribution in [0.15, 0.2) is 18.2 Å². The molecule has 19 heavy (non-hydrogen) atoms. The van der Waals surface area contributed by atoms with Crippen molar-refractivity contribution in [2.24, 2.45) is 11.1 Å². The SMILES string of the molecule is Cc1cc(C#N)ccc1CN1CCC(C)(C(N)=O)C1. The van der Waals surface area contributed by atoms with E-state index in [1.54, 1.807) is 0 Å². The average molecular weight is 257 g/mol. The van der Waals surface area contributed by atoms with Crippen LogP contribution in [0.4, 0.5) is 0 Å². The van der Waals surface area contributed by atoms with Crippen molar-refractivity contribution < 1.29 is 4.79 Å². The van der Waals surface area contributed by atoms with Crippen LogP contribution in [0.1, 0.15) is 30.0 Å². The lowest BCUT2D eigenvalue weighted by molar-refractivity contribution is -0.126. The molecule has 1 aromatic rings. The summed E-state index contributed by atoms with van der Waals surface area (Å²) in [6.07, 6.45) is 0.817. The van der Waals surface area contributed by atoms with Gasteiger partial charge in [-0.15, -0.1) is 0 Å². The second kappa shape index (κ2) is 5.02. The molecule has 100 valence electrons. The molecular weight excluding hydrogens is 238 g/mol. The standard InChI is InChI=1S/C15H19N3O/c1-11-7-12(8-16)3-4-13(11)9-18-6-5-15(2,10-18)14(17)19/h3-4,7H,5-6,9-10H2,1-2H3,(H2,17,19). The molecule has 0 radical (unpaired) electrons. The summed E-state index contributed by atoms with van der Waals surface area (Å²) in [5.41, 5.74) is 8.06. The average Bonchev–Trinajstić information content (AvgIpc) is 2.75. The highest BCUT2D eigenvalue weighted by molar-refractivity contribution is 5.81. The third-order valence-corrected chi connectivity index (χ3v) is 4.01. The zero-order valence-corrected chi connectivity index (χ0v) is 11.4. The van der Waals surface area contributed by atoms with Crippen LogP contribution < -0.4 is 5.73 Å². The molecule has 2 rings (SSSR count). The second-order valence-electron chi connectivity index (χ2n) is 5.64. The number of aryl methyl sites for hydroxylation is 1. The summed E-state index contributed by atoms with van der Waals surface area (Å²) in [5.74, 6) is -0.216. The molecule has 2 N–H and O–H groups in total. The molecule has 0 aromatic heterocycles. The molecule has 0 spiro atoms. The van der Waals surface area contributed by atoms with E-state index in [-0.39, 0.29) is 5.91 Å². The monoisotopic (exact) mass is 257 g/mol. The van der Waals surface area contributed by atoms with Crippen molar-refractivity contribution in [2.75, 3.05) is 13.1 Å². The molecule has 0 bridgehead atoms. The van der Waals surface area contributed by atoms with Crippen LogP contribution in [0, 0.1) is 23.7 Å². The summed E-state index contributed by atoms with van der Waals surface area (Å²) < 4.78 is 0. The zero-order chi connectivity index (χ0) is 14.0. The van der Waals surface area contributed by atoms with Crippen molar-refractivity contribution in [2.45, 2.75) is 26.8 Å². The predicted octanol–water partition coefficient (Wildman–Crippen LogP) is 1.56. The van der Waals surface area contributed by atoms with Crippen molar-refractivity contribution in [3.63, 3.8) is 0 Å². The molecule has 1 aromatic carbocycles. The largest absolute Gasteiger partial charge is 0.369 e. The molecule has 1 aliphatic heterocycles. The number of nitriles is 1. The normalized spacial score (nSPS) is 23.2. The molecule has 1 fully saturated rings. The third kappa shape index (κ3) is 2.77. The lowest BCUT2D eigenvalue weighted by atomic mass is 9.89. The molecule has 1 heterocycles. The molecule has 1 saturated heterocycles. The Morgan fingerprint density at radius 1 is 1.58 bits per heavy atom. The van der Waals surface area contributed by atoms with Gasteiger partial charge in [-0.2, -0.15) is 5.26 Å². The fourth-order valence-corrected chi connectivity index (χ4v) is 2.58. The summed E-state index contributed by atoms with van der Waals surface area (Å²) in [4.78, 5) is 13.7. The van der Waals surface area contributed by atoms with Crippen LogP contribution in [-0.4, -0.2) is 23.9 Å². The van der Waals surface area contributed by atoms with E-state index in [0.29, 0.717) is 12.1 Å². The van der Waals surface area contributed by atoms with Gasteiger partial charge in [0.15, 0.2) is 0 Å². The third-order valence-electron chi connectivity index (χ3n) is 4.01. The second-order valence-corrected chi connectivity index (χ2v) is 5.64. The van der Waals surface area contributed by atoms with Gasteiger partial charge in [0.05, 0.1) is 17.0 Å². The van der Waals surface area contributed by atoms with Crippen LogP contribution >= 0.6 is 0 Å². The Balaban J connectivity index is 2.08. The summed E-state index contributed by atoms with van der Waals surface area (Å²) in [7, 11) is 0. The Bertz CT molecular complexity index is 547. The number of carbonyl (C=O) groups is 1. The number of hydrogen-bond acceptors (Lipinski definition) is 3. The van der Waals surface area contributed by atoms with Crippen LogP contribution in [0.25, 0.3) is 0 Å². The Morgan fingerprint density at radius 3 is 2.84 bits per heavy atom. The first-order valence-electron chi connectivity index (χ1n) is 6.46. The van der Waals surface area contributed by atoms with Gasteiger partial charge in [0, 0.05) is 13.1 Å². The molecule has 1 aliphatic rings. The highest BCUT2D eigenvalue weighted by Crippen LogP contribution is 2.30. The number of nitrogens with zero attached hydrogens (tertiary/aromatic N) is 2. The highest BCUT2D eigenvalue weighted by Gasteiger charge is 2.38.